The second-order valence-electron chi connectivity index (χ2n) is 6.17. The molecule has 0 saturated heterocycles. The summed E-state index contributed by atoms with van der Waals surface area (Å²) in [7, 11) is 0. The molecule has 0 aliphatic heterocycles. The molecule has 3 aromatic rings. The highest BCUT2D eigenvalue weighted by atomic mass is 35.5. The summed E-state index contributed by atoms with van der Waals surface area (Å²) in [4.78, 5) is 36.9. The van der Waals surface area contributed by atoms with Crippen LogP contribution in [0.5, 0.6) is 0 Å². The summed E-state index contributed by atoms with van der Waals surface area (Å²) in [6.07, 6.45) is -5.08. The third-order valence-electron chi connectivity index (χ3n) is 3.94. The lowest BCUT2D eigenvalue weighted by Gasteiger charge is -2.09. The van der Waals surface area contributed by atoms with E-state index in [4.69, 9.17) is 38.2 Å². The van der Waals surface area contributed by atoms with Crippen LogP contribution in [0.3, 0.4) is 0 Å². The van der Waals surface area contributed by atoms with Crippen molar-refractivity contribution < 1.29 is 37.8 Å². The van der Waals surface area contributed by atoms with E-state index in [1.54, 1.807) is 47.9 Å². The van der Waals surface area contributed by atoms with Gasteiger partial charge in [-0.05, 0) is 31.2 Å². The molecule has 8 nitrogen and oxygen atoms in total. The Kier molecular flexibility index (Phi) is 7.70. The van der Waals surface area contributed by atoms with Gasteiger partial charge in [0, 0.05) is 0 Å². The fourth-order valence-electron chi connectivity index (χ4n) is 2.60. The summed E-state index contributed by atoms with van der Waals surface area (Å²) >= 11 is 12.1. The number of aromatic nitrogens is 2. The third-order valence-corrected chi connectivity index (χ3v) is 4.57. The van der Waals surface area contributed by atoms with Crippen LogP contribution in [0.1, 0.15) is 16.2 Å². The van der Waals surface area contributed by atoms with Gasteiger partial charge in [-0.25, -0.2) is 9.78 Å². The quantitative estimate of drug-likeness (QED) is 0.489. The first-order valence-electron chi connectivity index (χ1n) is 8.56. The van der Waals surface area contributed by atoms with Crippen LogP contribution in [0.15, 0.2) is 36.4 Å². The topological polar surface area (TPSA) is 122 Å². The fraction of sp³-hybridized carbons (Fsp3) is 0.158. The van der Waals surface area contributed by atoms with Crippen molar-refractivity contribution in [1.82, 2.24) is 9.55 Å². The van der Waals surface area contributed by atoms with Gasteiger partial charge in [0.05, 0.1) is 26.8 Å². The minimum absolute atomic E-state index is 0.171. The molecule has 0 unspecified atom stereocenters. The predicted molar refractivity (Wildman–Crippen MR) is 110 cm³/mol. The van der Waals surface area contributed by atoms with E-state index >= 15 is 0 Å². The van der Waals surface area contributed by atoms with Crippen LogP contribution in [-0.4, -0.2) is 43.8 Å². The Morgan fingerprint density at radius 1 is 1.06 bits per heavy atom. The number of nitrogens with one attached hydrogen (secondary N) is 1. The smallest absolute Gasteiger partial charge is 0.480 e. The number of carbonyl (C=O) groups excluding carboxylic acids is 1. The number of fused-ring (bicyclic) bond motifs is 1. The van der Waals surface area contributed by atoms with Gasteiger partial charge in [-0.15, -0.1) is 0 Å². The summed E-state index contributed by atoms with van der Waals surface area (Å²) < 4.78 is 33.3. The number of carboxylic acid groups (broad SMARTS) is 2. The SMILES string of the molecule is Cc1nc2c(NC(=O)c3c(Cl)cccc3Cl)cccc2n1CC(=O)O.O=C(O)C(F)(F)F. The van der Waals surface area contributed by atoms with Gasteiger partial charge in [-0.2, -0.15) is 13.2 Å². The Hall–Kier alpha value is -3.31. The molecule has 0 fully saturated rings. The van der Waals surface area contributed by atoms with Gasteiger partial charge in [0.2, 0.25) is 0 Å². The number of nitrogens with zero attached hydrogens (tertiary/aromatic N) is 2. The molecule has 0 atom stereocenters. The van der Waals surface area contributed by atoms with Crippen LogP contribution in [0.4, 0.5) is 18.9 Å². The second-order valence-corrected chi connectivity index (χ2v) is 6.98. The lowest BCUT2D eigenvalue weighted by atomic mass is 10.2. The number of imidazole rings is 1. The first-order chi connectivity index (χ1) is 14.8. The molecular weight excluding hydrogens is 478 g/mol. The number of hydrogen-bond donors (Lipinski definition) is 3. The van der Waals surface area contributed by atoms with Crippen molar-refractivity contribution in [2.24, 2.45) is 0 Å². The van der Waals surface area contributed by atoms with Gasteiger partial charge in [-0.3, -0.25) is 9.59 Å². The van der Waals surface area contributed by atoms with Crippen molar-refractivity contribution in [3.05, 3.63) is 57.8 Å². The maximum atomic E-state index is 12.6. The first-order valence-corrected chi connectivity index (χ1v) is 9.31. The van der Waals surface area contributed by atoms with Crippen molar-refractivity contribution in [2.75, 3.05) is 5.32 Å². The van der Waals surface area contributed by atoms with Crippen LogP contribution in [0.2, 0.25) is 10.0 Å². The lowest BCUT2D eigenvalue weighted by Crippen LogP contribution is -2.21. The Morgan fingerprint density at radius 2 is 1.59 bits per heavy atom. The minimum atomic E-state index is -5.08. The van der Waals surface area contributed by atoms with E-state index in [9.17, 15) is 22.8 Å². The number of carboxylic acids is 2. The Balaban J connectivity index is 0.000000451. The highest BCUT2D eigenvalue weighted by molar-refractivity contribution is 6.40. The Bertz CT molecular complexity index is 1170. The maximum Gasteiger partial charge on any atom is 0.490 e. The van der Waals surface area contributed by atoms with E-state index in [2.05, 4.69) is 10.3 Å². The van der Waals surface area contributed by atoms with Crippen LogP contribution in [0.25, 0.3) is 11.0 Å². The molecule has 1 heterocycles. The van der Waals surface area contributed by atoms with Crippen LogP contribution in [-0.2, 0) is 16.1 Å². The van der Waals surface area contributed by atoms with E-state index in [0.29, 0.717) is 22.5 Å². The molecule has 0 spiro atoms. The average Bonchev–Trinajstić information content (AvgIpc) is 2.97. The summed E-state index contributed by atoms with van der Waals surface area (Å²) in [6.45, 7) is 1.50. The summed E-state index contributed by atoms with van der Waals surface area (Å²) in [6, 6.07) is 9.95. The van der Waals surface area contributed by atoms with Gasteiger partial charge in [-0.1, -0.05) is 35.3 Å². The zero-order chi connectivity index (χ0) is 24.2. The number of rotatable bonds is 4. The number of para-hydroxylation sites is 1. The van der Waals surface area contributed by atoms with Gasteiger partial charge in [0.25, 0.3) is 5.91 Å². The Morgan fingerprint density at radius 3 is 2.09 bits per heavy atom. The van der Waals surface area contributed by atoms with Crippen molar-refractivity contribution in [3.63, 3.8) is 0 Å². The van der Waals surface area contributed by atoms with Crippen LogP contribution >= 0.6 is 23.2 Å². The molecule has 1 aromatic heterocycles. The average molecular weight is 492 g/mol. The Labute approximate surface area is 188 Å². The number of aliphatic carboxylic acids is 2. The number of alkyl halides is 3. The molecule has 2 aromatic carbocycles. The molecule has 13 heteroatoms. The number of benzene rings is 2. The molecule has 0 radical (unpaired) electrons. The van der Waals surface area contributed by atoms with E-state index < -0.39 is 24.0 Å². The van der Waals surface area contributed by atoms with Crippen molar-refractivity contribution in [3.8, 4) is 0 Å². The number of aryl methyl sites for hydroxylation is 1. The molecule has 1 amide bonds. The highest BCUT2D eigenvalue weighted by Crippen LogP contribution is 2.28. The van der Waals surface area contributed by atoms with E-state index in [-0.39, 0.29) is 22.2 Å². The highest BCUT2D eigenvalue weighted by Gasteiger charge is 2.38. The molecule has 0 aliphatic rings. The molecule has 0 saturated carbocycles. The predicted octanol–water partition coefficient (Wildman–Crippen LogP) is 4.62. The molecule has 0 bridgehead atoms. The number of hydrogen-bond acceptors (Lipinski definition) is 4. The van der Waals surface area contributed by atoms with Crippen LogP contribution in [0, 0.1) is 6.92 Å². The first kappa shape index (κ1) is 25.0. The van der Waals surface area contributed by atoms with E-state index in [0.717, 1.165) is 0 Å². The number of halogens is 5. The van der Waals surface area contributed by atoms with Crippen molar-refractivity contribution in [2.45, 2.75) is 19.6 Å². The van der Waals surface area contributed by atoms with Crippen LogP contribution < -0.4 is 5.32 Å². The second kappa shape index (κ2) is 9.88. The number of anilines is 1. The largest absolute Gasteiger partial charge is 0.490 e. The van der Waals surface area contributed by atoms with E-state index in [1.807, 2.05) is 0 Å². The van der Waals surface area contributed by atoms with E-state index in [1.165, 1.54) is 0 Å². The standard InChI is InChI=1S/C17H13Cl2N3O3.C2HF3O2/c1-9-20-16-12(6-3-7-13(16)22(9)8-14(23)24)21-17(25)15-10(18)4-2-5-11(15)19;3-2(4,5)1(6)7/h2-7H,8H2,1H3,(H,21,25)(H,23,24);(H,6,7). The zero-order valence-electron chi connectivity index (χ0n) is 16.1. The molecule has 32 heavy (non-hydrogen) atoms. The van der Waals surface area contributed by atoms with Crippen molar-refractivity contribution in [1.29, 1.82) is 0 Å². The molecular formula is C19H14Cl2F3N3O5. The fourth-order valence-corrected chi connectivity index (χ4v) is 3.17. The number of carbonyl (C=O) groups is 3. The lowest BCUT2D eigenvalue weighted by molar-refractivity contribution is -0.192. The molecule has 3 N–H and O–H groups in total. The third kappa shape index (κ3) is 5.89. The summed E-state index contributed by atoms with van der Waals surface area (Å²) in [5.74, 6) is -3.66. The molecule has 3 rings (SSSR count). The maximum absolute atomic E-state index is 12.6. The van der Waals surface area contributed by atoms with Gasteiger partial charge in [0.15, 0.2) is 0 Å². The van der Waals surface area contributed by atoms with Gasteiger partial charge >= 0.3 is 18.1 Å². The molecule has 0 aliphatic carbocycles. The summed E-state index contributed by atoms with van der Waals surface area (Å²) in [5.41, 5.74) is 1.73. The normalized spacial score (nSPS) is 10.9. The van der Waals surface area contributed by atoms with Gasteiger partial charge in [0.1, 0.15) is 17.9 Å². The van der Waals surface area contributed by atoms with Crippen molar-refractivity contribution >= 4 is 57.8 Å². The minimum Gasteiger partial charge on any atom is -0.480 e. The monoisotopic (exact) mass is 491 g/mol. The zero-order valence-corrected chi connectivity index (χ0v) is 17.6. The summed E-state index contributed by atoms with van der Waals surface area (Å²) in [5, 5.41) is 19.4. The molecule has 170 valence electrons. The van der Waals surface area contributed by atoms with Gasteiger partial charge < -0.3 is 20.1 Å². The number of amides is 1.